The average Bonchev–Trinajstić information content (AvgIpc) is 2.61. The highest BCUT2D eigenvalue weighted by molar-refractivity contribution is 7.40. The Bertz CT molecular complexity index is 788. The van der Waals surface area contributed by atoms with Gasteiger partial charge >= 0.3 is 8.77 Å². The molecule has 0 bridgehead atoms. The van der Waals surface area contributed by atoms with Crippen LogP contribution in [0.2, 0.25) is 0 Å². The number of benzene rings is 2. The van der Waals surface area contributed by atoms with E-state index in [1.165, 1.54) is 0 Å². The second kappa shape index (κ2) is 7.55. The van der Waals surface area contributed by atoms with Crippen LogP contribution in [0.5, 0.6) is 0 Å². The molecule has 0 aliphatic rings. The summed E-state index contributed by atoms with van der Waals surface area (Å²) in [7, 11) is -4.83. The maximum atomic E-state index is 13.8. The van der Waals surface area contributed by atoms with E-state index in [1.807, 2.05) is 0 Å². The minimum atomic E-state index is -4.83. The lowest BCUT2D eigenvalue weighted by atomic mass is 9.98. The highest BCUT2D eigenvalue weighted by Crippen LogP contribution is 2.49. The molecule has 2 rings (SSSR count). The van der Waals surface area contributed by atoms with Gasteiger partial charge in [0.15, 0.2) is 46.5 Å². The summed E-state index contributed by atoms with van der Waals surface area (Å²) in [4.78, 5) is 0. The fourth-order valence-electron chi connectivity index (χ4n) is 2.03. The van der Waals surface area contributed by atoms with Gasteiger partial charge in [-0.05, 0) is 0 Å². The Hall–Kier alpha value is -2.01. The molecule has 0 aromatic heterocycles. The van der Waals surface area contributed by atoms with E-state index in [2.05, 4.69) is 4.52 Å². The summed E-state index contributed by atoms with van der Waals surface area (Å²) < 4.78 is 163. The van der Waals surface area contributed by atoms with Gasteiger partial charge in [0.1, 0.15) is 6.10 Å². The molecule has 1 nitrogen and oxygen atoms in total. The molecule has 0 aliphatic carbocycles. The van der Waals surface area contributed by atoms with Crippen LogP contribution in [-0.4, -0.2) is 0 Å². The second-order valence-electron chi connectivity index (χ2n) is 4.65. The van der Waals surface area contributed by atoms with Gasteiger partial charge in [0, 0.05) is 0 Å². The molecule has 0 unspecified atom stereocenters. The zero-order valence-corrected chi connectivity index (χ0v) is 12.9. The highest BCUT2D eigenvalue weighted by Gasteiger charge is 2.39. The maximum absolute atomic E-state index is 13.8. The van der Waals surface area contributed by atoms with Crippen LogP contribution in [0.4, 0.5) is 52.3 Å². The Morgan fingerprint density at radius 3 is 0.889 bits per heavy atom. The molecule has 148 valence electrons. The summed E-state index contributed by atoms with van der Waals surface area (Å²) in [6, 6.07) is 0. The third-order valence-electron chi connectivity index (χ3n) is 3.20. The molecule has 0 saturated carbocycles. The molecule has 0 fully saturated rings. The van der Waals surface area contributed by atoms with E-state index in [-0.39, 0.29) is 0 Å². The Morgan fingerprint density at radius 1 is 0.444 bits per heavy atom. The van der Waals surface area contributed by atoms with Gasteiger partial charge < -0.3 is 0 Å². The molecule has 0 amide bonds. The molecular formula is C13HF12OP. The van der Waals surface area contributed by atoms with Crippen molar-refractivity contribution in [2.24, 2.45) is 0 Å². The molecule has 2 aromatic carbocycles. The third-order valence-corrected chi connectivity index (χ3v) is 3.57. The summed E-state index contributed by atoms with van der Waals surface area (Å²) in [6.07, 6.45) is -3.54. The van der Waals surface area contributed by atoms with Crippen LogP contribution >= 0.6 is 8.77 Å². The fraction of sp³-hybridized carbons (Fsp3) is 0.0769. The molecule has 0 aliphatic heterocycles. The maximum Gasteiger partial charge on any atom is 0.416 e. The summed E-state index contributed by atoms with van der Waals surface area (Å²) in [6.45, 7) is 0. The quantitative estimate of drug-likeness (QED) is 0.237. The highest BCUT2D eigenvalue weighted by atomic mass is 31.2. The Kier molecular flexibility index (Phi) is 5.95. The summed E-state index contributed by atoms with van der Waals surface area (Å²) >= 11 is 0. The van der Waals surface area contributed by atoms with Gasteiger partial charge in [-0.15, -0.1) is 0 Å². The molecule has 0 atom stereocenters. The smallest absolute Gasteiger partial charge is 0.292 e. The van der Waals surface area contributed by atoms with E-state index >= 15 is 0 Å². The van der Waals surface area contributed by atoms with Gasteiger partial charge in [-0.2, -0.15) is 8.39 Å². The van der Waals surface area contributed by atoms with E-state index in [9.17, 15) is 52.3 Å². The van der Waals surface area contributed by atoms with Crippen molar-refractivity contribution in [2.45, 2.75) is 6.10 Å². The normalized spacial score (nSPS) is 11.8. The lowest BCUT2D eigenvalue weighted by Crippen LogP contribution is -2.18. The van der Waals surface area contributed by atoms with Crippen LogP contribution in [0.15, 0.2) is 0 Å². The topological polar surface area (TPSA) is 9.23 Å². The van der Waals surface area contributed by atoms with Crippen molar-refractivity contribution < 1.29 is 56.8 Å². The Labute approximate surface area is 142 Å². The first-order chi connectivity index (χ1) is 12.4. The minimum Gasteiger partial charge on any atom is -0.292 e. The van der Waals surface area contributed by atoms with Crippen molar-refractivity contribution in [3.05, 3.63) is 69.3 Å². The van der Waals surface area contributed by atoms with Crippen molar-refractivity contribution in [1.82, 2.24) is 0 Å². The number of hydrogen-bond donors (Lipinski definition) is 0. The van der Waals surface area contributed by atoms with E-state index in [0.29, 0.717) is 0 Å². The van der Waals surface area contributed by atoms with Crippen molar-refractivity contribution >= 4 is 8.77 Å². The summed E-state index contributed by atoms with van der Waals surface area (Å²) in [5.41, 5.74) is -4.73. The standard InChI is InChI=1S/C13HF12OP/c14-3-1(4(15)8(19)11(22)7(3)18)13(26-27(24)25)2-5(16)9(20)12(23)10(21)6(2)17/h13H. The van der Waals surface area contributed by atoms with E-state index in [0.717, 1.165) is 0 Å². The van der Waals surface area contributed by atoms with Gasteiger partial charge in [-0.3, -0.25) is 4.52 Å². The largest absolute Gasteiger partial charge is 0.416 e. The van der Waals surface area contributed by atoms with Gasteiger partial charge in [0.05, 0.1) is 11.1 Å². The number of hydrogen-bond acceptors (Lipinski definition) is 1. The monoisotopic (exact) mass is 432 g/mol. The van der Waals surface area contributed by atoms with Crippen LogP contribution in [0.25, 0.3) is 0 Å². The molecule has 0 radical (unpaired) electrons. The van der Waals surface area contributed by atoms with E-state index in [1.54, 1.807) is 0 Å². The lowest BCUT2D eigenvalue weighted by Gasteiger charge is -2.21. The molecule has 0 spiro atoms. The lowest BCUT2D eigenvalue weighted by molar-refractivity contribution is 0.208. The SMILES string of the molecule is Fc1c(F)c(F)c(C(OP(F)F)c2c(F)c(F)c(F)c(F)c2F)c(F)c1F. The average molecular weight is 432 g/mol. The summed E-state index contributed by atoms with van der Waals surface area (Å²) in [5, 5.41) is 0. The first-order valence-corrected chi connectivity index (χ1v) is 7.26. The van der Waals surface area contributed by atoms with Crippen LogP contribution in [0.1, 0.15) is 17.2 Å². The third kappa shape index (κ3) is 3.45. The van der Waals surface area contributed by atoms with Crippen molar-refractivity contribution in [2.75, 3.05) is 0 Å². The Balaban J connectivity index is 2.94. The minimum absolute atomic E-state index is 2.36. The first-order valence-electron chi connectivity index (χ1n) is 6.22. The summed E-state index contributed by atoms with van der Waals surface area (Å²) in [5.74, 6) is -27.8. The zero-order chi connectivity index (χ0) is 20.8. The van der Waals surface area contributed by atoms with Crippen LogP contribution in [0, 0.1) is 58.2 Å². The molecule has 0 heterocycles. The Morgan fingerprint density at radius 2 is 0.667 bits per heavy atom. The second-order valence-corrected chi connectivity index (χ2v) is 5.27. The predicted molar refractivity (Wildman–Crippen MR) is 64.5 cm³/mol. The zero-order valence-electron chi connectivity index (χ0n) is 12.0. The van der Waals surface area contributed by atoms with Crippen LogP contribution in [-0.2, 0) is 4.52 Å². The van der Waals surface area contributed by atoms with E-state index < -0.39 is 84.2 Å². The predicted octanol–water partition coefficient (Wildman–Crippen LogP) is 6.35. The fourth-order valence-corrected chi connectivity index (χ4v) is 2.40. The van der Waals surface area contributed by atoms with Gasteiger partial charge in [0.25, 0.3) is 0 Å². The number of halogens is 12. The van der Waals surface area contributed by atoms with Gasteiger partial charge in [-0.1, -0.05) is 0 Å². The molecule has 27 heavy (non-hydrogen) atoms. The molecule has 0 saturated heterocycles. The van der Waals surface area contributed by atoms with Crippen LogP contribution < -0.4 is 0 Å². The van der Waals surface area contributed by atoms with Crippen LogP contribution in [0.3, 0.4) is 0 Å². The molecule has 0 N–H and O–H groups in total. The van der Waals surface area contributed by atoms with Gasteiger partial charge in [0.2, 0.25) is 11.6 Å². The van der Waals surface area contributed by atoms with Crippen molar-refractivity contribution in [3.63, 3.8) is 0 Å². The molecule has 14 heteroatoms. The van der Waals surface area contributed by atoms with E-state index in [4.69, 9.17) is 0 Å². The molecular weight excluding hydrogens is 431 g/mol. The number of rotatable bonds is 4. The molecule has 2 aromatic rings. The first kappa shape index (κ1) is 21.3. The van der Waals surface area contributed by atoms with Crippen molar-refractivity contribution in [3.8, 4) is 0 Å². The van der Waals surface area contributed by atoms with Crippen molar-refractivity contribution in [1.29, 1.82) is 0 Å². The van der Waals surface area contributed by atoms with Gasteiger partial charge in [-0.25, -0.2) is 43.9 Å².